The molecule has 136 valence electrons. The maximum Gasteiger partial charge on any atom is 0.139 e. The highest BCUT2D eigenvalue weighted by Crippen LogP contribution is 2.37. The van der Waals surface area contributed by atoms with E-state index in [0.717, 1.165) is 38.5 Å². The van der Waals surface area contributed by atoms with Gasteiger partial charge in [0.1, 0.15) is 16.5 Å². The molecule has 0 spiro atoms. The quantitative estimate of drug-likeness (QED) is 0.527. The van der Waals surface area contributed by atoms with Crippen LogP contribution in [0.2, 0.25) is 0 Å². The lowest BCUT2D eigenvalue weighted by Crippen LogP contribution is -2.07. The molecule has 1 aromatic carbocycles. The van der Waals surface area contributed by atoms with Gasteiger partial charge in [0.05, 0.1) is 24.2 Å². The van der Waals surface area contributed by atoms with E-state index in [1.54, 1.807) is 11.3 Å². The Balaban J connectivity index is 1.77. The zero-order valence-electron chi connectivity index (χ0n) is 15.0. The van der Waals surface area contributed by atoms with Crippen LogP contribution in [0.5, 0.6) is 0 Å². The van der Waals surface area contributed by atoms with Crippen molar-refractivity contribution in [3.05, 3.63) is 71.1 Å². The number of fused-ring (bicyclic) bond motifs is 1. The molecule has 2 N–H and O–H groups in total. The predicted molar refractivity (Wildman–Crippen MR) is 110 cm³/mol. The molecule has 0 aliphatic heterocycles. The van der Waals surface area contributed by atoms with Crippen molar-refractivity contribution in [1.82, 2.24) is 15.0 Å². The van der Waals surface area contributed by atoms with Gasteiger partial charge in [-0.1, -0.05) is 36.4 Å². The molecule has 0 saturated carbocycles. The lowest BCUT2D eigenvalue weighted by Gasteiger charge is -2.10. The minimum Gasteiger partial charge on any atom is -0.396 e. The van der Waals surface area contributed by atoms with Crippen molar-refractivity contribution in [2.24, 2.45) is 0 Å². The molecule has 4 aromatic rings. The van der Waals surface area contributed by atoms with Gasteiger partial charge in [-0.25, -0.2) is 9.97 Å². The lowest BCUT2D eigenvalue weighted by molar-refractivity contribution is 0.297. The van der Waals surface area contributed by atoms with Crippen LogP contribution < -0.4 is 5.32 Å². The Hall–Kier alpha value is -2.83. The number of benzene rings is 1. The fourth-order valence-corrected chi connectivity index (χ4v) is 3.99. The zero-order valence-corrected chi connectivity index (χ0v) is 15.8. The Morgan fingerprint density at radius 3 is 2.63 bits per heavy atom. The Bertz CT molecular complexity index is 1060. The zero-order chi connectivity index (χ0) is 18.6. The third-order valence-electron chi connectivity index (χ3n) is 4.28. The number of thiophene rings is 1. The van der Waals surface area contributed by atoms with E-state index in [2.05, 4.69) is 37.8 Å². The molecule has 3 heterocycles. The number of aliphatic hydroxyl groups excluding tert-OH is 1. The summed E-state index contributed by atoms with van der Waals surface area (Å²) in [5, 5.41) is 15.9. The second-order valence-electron chi connectivity index (χ2n) is 6.28. The Kier molecular flexibility index (Phi) is 5.09. The van der Waals surface area contributed by atoms with Gasteiger partial charge in [-0.2, -0.15) is 0 Å². The fraction of sp³-hybridized carbons (Fsp3) is 0.190. The van der Waals surface area contributed by atoms with E-state index in [4.69, 9.17) is 0 Å². The number of rotatable bonds is 6. The first-order chi connectivity index (χ1) is 13.2. The van der Waals surface area contributed by atoms with Crippen LogP contribution in [-0.4, -0.2) is 26.7 Å². The number of hydrogen-bond acceptors (Lipinski definition) is 6. The van der Waals surface area contributed by atoms with Crippen LogP contribution in [0.4, 0.5) is 5.82 Å². The lowest BCUT2D eigenvalue weighted by atomic mass is 10.1. The monoisotopic (exact) mass is 376 g/mol. The van der Waals surface area contributed by atoms with Crippen molar-refractivity contribution >= 4 is 27.4 Å². The summed E-state index contributed by atoms with van der Waals surface area (Å²) in [5.41, 5.74) is 4.20. The number of pyridine rings is 1. The maximum absolute atomic E-state index is 9.30. The predicted octanol–water partition coefficient (Wildman–Crippen LogP) is 4.21. The number of aryl methyl sites for hydroxylation is 1. The molecule has 6 heteroatoms. The van der Waals surface area contributed by atoms with Gasteiger partial charge in [-0.15, -0.1) is 11.3 Å². The average molecular weight is 376 g/mol. The number of nitrogens with zero attached hydrogens (tertiary/aromatic N) is 3. The summed E-state index contributed by atoms with van der Waals surface area (Å²) in [6, 6.07) is 16.2. The highest BCUT2D eigenvalue weighted by molar-refractivity contribution is 7.17. The number of nitrogens with one attached hydrogen (secondary N) is 1. The number of anilines is 1. The second-order valence-corrected chi connectivity index (χ2v) is 7.14. The number of aliphatic hydroxyl groups is 1. The largest absolute Gasteiger partial charge is 0.396 e. The maximum atomic E-state index is 9.30. The highest BCUT2D eigenvalue weighted by Gasteiger charge is 2.15. The van der Waals surface area contributed by atoms with Gasteiger partial charge in [-0.05, 0) is 24.6 Å². The van der Waals surface area contributed by atoms with E-state index in [-0.39, 0.29) is 6.61 Å². The summed E-state index contributed by atoms with van der Waals surface area (Å²) in [6.45, 7) is 2.59. The van der Waals surface area contributed by atoms with Gasteiger partial charge in [-0.3, -0.25) is 4.98 Å². The molecule has 0 unspecified atom stereocenters. The molecule has 3 aromatic heterocycles. The van der Waals surface area contributed by atoms with Gasteiger partial charge in [0.25, 0.3) is 0 Å². The normalized spacial score (nSPS) is 11.0. The van der Waals surface area contributed by atoms with Crippen LogP contribution in [0.15, 0.2) is 53.9 Å². The fourth-order valence-electron chi connectivity index (χ4n) is 3.03. The second kappa shape index (κ2) is 7.82. The van der Waals surface area contributed by atoms with Gasteiger partial charge in [0.15, 0.2) is 0 Å². The van der Waals surface area contributed by atoms with Crippen molar-refractivity contribution in [1.29, 1.82) is 0 Å². The van der Waals surface area contributed by atoms with Crippen LogP contribution in [0.3, 0.4) is 0 Å². The van der Waals surface area contributed by atoms with Gasteiger partial charge in [0, 0.05) is 23.1 Å². The third-order valence-corrected chi connectivity index (χ3v) is 5.16. The summed E-state index contributed by atoms with van der Waals surface area (Å²) >= 11 is 1.60. The standard InChI is InChI=1S/C21H20N4OS/c1-14-6-5-9-16(23-14)12-22-20-19-17(15-7-3-2-4-8-15)13-27-21(19)25-18(24-20)10-11-26/h2-9,13,26H,10-12H2,1H3,(H,22,24,25). The minimum absolute atomic E-state index is 0.0291. The highest BCUT2D eigenvalue weighted by atomic mass is 32.1. The third kappa shape index (κ3) is 3.82. The summed E-state index contributed by atoms with van der Waals surface area (Å²) in [4.78, 5) is 14.8. The molecule has 27 heavy (non-hydrogen) atoms. The van der Waals surface area contributed by atoms with E-state index in [0.29, 0.717) is 18.8 Å². The summed E-state index contributed by atoms with van der Waals surface area (Å²) < 4.78 is 0. The molecule has 0 amide bonds. The Morgan fingerprint density at radius 2 is 1.85 bits per heavy atom. The SMILES string of the molecule is Cc1cccc(CNc2nc(CCO)nc3scc(-c4ccccc4)c23)n1. The van der Waals surface area contributed by atoms with Gasteiger partial charge >= 0.3 is 0 Å². The van der Waals surface area contributed by atoms with Crippen LogP contribution in [0.1, 0.15) is 17.2 Å². The molecule has 0 bridgehead atoms. The molecule has 0 atom stereocenters. The van der Waals surface area contributed by atoms with E-state index in [1.165, 1.54) is 0 Å². The smallest absolute Gasteiger partial charge is 0.139 e. The van der Waals surface area contributed by atoms with Crippen molar-refractivity contribution < 1.29 is 5.11 Å². The van der Waals surface area contributed by atoms with Gasteiger partial charge in [0.2, 0.25) is 0 Å². The number of hydrogen-bond donors (Lipinski definition) is 2. The van der Waals surface area contributed by atoms with Crippen LogP contribution >= 0.6 is 11.3 Å². The van der Waals surface area contributed by atoms with Crippen LogP contribution in [-0.2, 0) is 13.0 Å². The Morgan fingerprint density at radius 1 is 1.00 bits per heavy atom. The topological polar surface area (TPSA) is 70.9 Å². The molecule has 0 fully saturated rings. The molecule has 0 aliphatic carbocycles. The summed E-state index contributed by atoms with van der Waals surface area (Å²) in [5.74, 6) is 1.43. The van der Waals surface area contributed by atoms with Crippen molar-refractivity contribution in [3.63, 3.8) is 0 Å². The molecule has 0 aliphatic rings. The molecule has 4 rings (SSSR count). The van der Waals surface area contributed by atoms with E-state index in [1.807, 2.05) is 43.3 Å². The molecular formula is C21H20N4OS. The minimum atomic E-state index is 0.0291. The van der Waals surface area contributed by atoms with E-state index >= 15 is 0 Å². The van der Waals surface area contributed by atoms with Crippen LogP contribution in [0.25, 0.3) is 21.3 Å². The summed E-state index contributed by atoms with van der Waals surface area (Å²) in [7, 11) is 0. The van der Waals surface area contributed by atoms with E-state index in [9.17, 15) is 5.11 Å². The molecular weight excluding hydrogens is 356 g/mol. The van der Waals surface area contributed by atoms with Crippen molar-refractivity contribution in [3.8, 4) is 11.1 Å². The first kappa shape index (κ1) is 17.6. The first-order valence-corrected chi connectivity index (χ1v) is 9.73. The molecule has 0 saturated heterocycles. The molecule has 0 radical (unpaired) electrons. The van der Waals surface area contributed by atoms with Crippen LogP contribution in [0, 0.1) is 6.92 Å². The van der Waals surface area contributed by atoms with Gasteiger partial charge < -0.3 is 10.4 Å². The van der Waals surface area contributed by atoms with E-state index < -0.39 is 0 Å². The summed E-state index contributed by atoms with van der Waals surface area (Å²) in [6.07, 6.45) is 0.436. The number of aromatic nitrogens is 3. The molecule has 5 nitrogen and oxygen atoms in total. The average Bonchev–Trinajstić information content (AvgIpc) is 3.11. The first-order valence-electron chi connectivity index (χ1n) is 8.85. The van der Waals surface area contributed by atoms with Crippen molar-refractivity contribution in [2.45, 2.75) is 19.9 Å². The van der Waals surface area contributed by atoms with Crippen molar-refractivity contribution in [2.75, 3.05) is 11.9 Å². The Labute approximate surface area is 161 Å².